The second-order valence-electron chi connectivity index (χ2n) is 2.87. The van der Waals surface area contributed by atoms with Crippen LogP contribution in [0.4, 0.5) is 4.39 Å². The van der Waals surface area contributed by atoms with Crippen LogP contribution in [0.2, 0.25) is 0 Å². The van der Waals surface area contributed by atoms with Crippen LogP contribution in [-0.2, 0) is 0 Å². The molecule has 1 aromatic rings. The van der Waals surface area contributed by atoms with E-state index in [4.69, 9.17) is 10.8 Å². The van der Waals surface area contributed by atoms with Crippen LogP contribution in [0.1, 0.15) is 5.56 Å². The van der Waals surface area contributed by atoms with Crippen molar-refractivity contribution in [2.24, 2.45) is 5.73 Å². The molecule has 1 rings (SSSR count). The maximum atomic E-state index is 13.4. The molecule has 0 aliphatic carbocycles. The lowest BCUT2D eigenvalue weighted by molar-refractivity contribution is 0.283. The molecule has 0 radical (unpaired) electrons. The first kappa shape index (κ1) is 11.4. The SMILES string of the molecule is N[C@@H](/C=C(\F)c1ccc(Br)cc1)CO. The predicted molar refractivity (Wildman–Crippen MR) is 58.3 cm³/mol. The molecule has 0 saturated carbocycles. The average Bonchev–Trinajstić information content (AvgIpc) is 2.18. The van der Waals surface area contributed by atoms with E-state index in [2.05, 4.69) is 15.9 Å². The minimum Gasteiger partial charge on any atom is -0.394 e. The monoisotopic (exact) mass is 259 g/mol. The Labute approximate surface area is 90.4 Å². The number of rotatable bonds is 3. The molecule has 0 aliphatic heterocycles. The molecule has 1 atom stereocenters. The van der Waals surface area contributed by atoms with Crippen molar-refractivity contribution in [3.63, 3.8) is 0 Å². The van der Waals surface area contributed by atoms with Crippen LogP contribution in [0, 0.1) is 0 Å². The van der Waals surface area contributed by atoms with Gasteiger partial charge < -0.3 is 10.8 Å². The zero-order valence-electron chi connectivity index (χ0n) is 7.45. The number of hydrogen-bond acceptors (Lipinski definition) is 2. The molecule has 14 heavy (non-hydrogen) atoms. The van der Waals surface area contributed by atoms with Crippen LogP contribution in [0.25, 0.3) is 5.83 Å². The highest BCUT2D eigenvalue weighted by atomic mass is 79.9. The fourth-order valence-corrected chi connectivity index (χ4v) is 1.21. The second-order valence-corrected chi connectivity index (χ2v) is 3.78. The summed E-state index contributed by atoms with van der Waals surface area (Å²) >= 11 is 3.25. The maximum absolute atomic E-state index is 13.4. The molecule has 3 N–H and O–H groups in total. The molecule has 0 fully saturated rings. The molecular weight excluding hydrogens is 249 g/mol. The van der Waals surface area contributed by atoms with Gasteiger partial charge in [0.25, 0.3) is 0 Å². The van der Waals surface area contributed by atoms with Crippen LogP contribution in [0.15, 0.2) is 34.8 Å². The normalized spacial score (nSPS) is 14.1. The number of hydrogen-bond donors (Lipinski definition) is 2. The third kappa shape index (κ3) is 3.21. The largest absolute Gasteiger partial charge is 0.394 e. The van der Waals surface area contributed by atoms with E-state index in [1.807, 2.05) is 0 Å². The molecule has 76 valence electrons. The number of aliphatic hydroxyl groups excluding tert-OH is 1. The highest BCUT2D eigenvalue weighted by molar-refractivity contribution is 9.10. The van der Waals surface area contributed by atoms with Crippen molar-refractivity contribution in [1.82, 2.24) is 0 Å². The number of nitrogens with two attached hydrogens (primary N) is 1. The molecule has 0 saturated heterocycles. The van der Waals surface area contributed by atoms with Gasteiger partial charge in [-0.15, -0.1) is 0 Å². The zero-order valence-corrected chi connectivity index (χ0v) is 9.04. The first-order valence-electron chi connectivity index (χ1n) is 4.13. The van der Waals surface area contributed by atoms with Gasteiger partial charge in [0.2, 0.25) is 0 Å². The average molecular weight is 260 g/mol. The second kappa shape index (κ2) is 5.24. The Balaban J connectivity index is 2.83. The van der Waals surface area contributed by atoms with Gasteiger partial charge >= 0.3 is 0 Å². The Bertz CT molecular complexity index is 323. The number of halogens is 2. The van der Waals surface area contributed by atoms with Gasteiger partial charge in [0.1, 0.15) is 5.83 Å². The van der Waals surface area contributed by atoms with Gasteiger partial charge in [-0.25, -0.2) is 4.39 Å². The molecule has 0 heterocycles. The van der Waals surface area contributed by atoms with Crippen molar-refractivity contribution < 1.29 is 9.50 Å². The van der Waals surface area contributed by atoms with E-state index in [0.29, 0.717) is 5.56 Å². The minimum absolute atomic E-state index is 0.260. The number of benzene rings is 1. The van der Waals surface area contributed by atoms with E-state index >= 15 is 0 Å². The summed E-state index contributed by atoms with van der Waals surface area (Å²) < 4.78 is 14.2. The van der Waals surface area contributed by atoms with Gasteiger partial charge in [-0.1, -0.05) is 28.1 Å². The smallest absolute Gasteiger partial charge is 0.128 e. The lowest BCUT2D eigenvalue weighted by Gasteiger charge is -2.02. The molecule has 4 heteroatoms. The Kier molecular flexibility index (Phi) is 4.25. The van der Waals surface area contributed by atoms with Crippen LogP contribution >= 0.6 is 15.9 Å². The molecule has 0 aromatic heterocycles. The van der Waals surface area contributed by atoms with Crippen LogP contribution < -0.4 is 5.73 Å². The van der Waals surface area contributed by atoms with Crippen LogP contribution in [0.5, 0.6) is 0 Å². The van der Waals surface area contributed by atoms with Crippen LogP contribution in [-0.4, -0.2) is 17.8 Å². The summed E-state index contributed by atoms with van der Waals surface area (Å²) in [4.78, 5) is 0. The standard InChI is InChI=1S/C10H11BrFNO/c11-8-3-1-7(2-4-8)10(12)5-9(13)6-14/h1-5,9,14H,6,13H2/b10-5-/t9-/m0/s1. The third-order valence-electron chi connectivity index (χ3n) is 1.69. The lowest BCUT2D eigenvalue weighted by atomic mass is 10.1. The van der Waals surface area contributed by atoms with E-state index in [1.54, 1.807) is 24.3 Å². The minimum atomic E-state index is -0.654. The highest BCUT2D eigenvalue weighted by Crippen LogP contribution is 2.18. The summed E-state index contributed by atoms with van der Waals surface area (Å²) in [7, 11) is 0. The van der Waals surface area contributed by atoms with E-state index in [1.165, 1.54) is 6.08 Å². The van der Waals surface area contributed by atoms with Gasteiger partial charge in [0.15, 0.2) is 0 Å². The highest BCUT2D eigenvalue weighted by Gasteiger charge is 2.02. The van der Waals surface area contributed by atoms with Gasteiger partial charge in [0, 0.05) is 16.1 Å². The van der Waals surface area contributed by atoms with E-state index in [-0.39, 0.29) is 6.61 Å². The molecule has 2 nitrogen and oxygen atoms in total. The summed E-state index contributed by atoms with van der Waals surface area (Å²) in [6.07, 6.45) is 1.20. The van der Waals surface area contributed by atoms with Crippen molar-refractivity contribution in [3.05, 3.63) is 40.4 Å². The van der Waals surface area contributed by atoms with Gasteiger partial charge in [-0.2, -0.15) is 0 Å². The summed E-state index contributed by atoms with van der Waals surface area (Å²) in [6.45, 7) is -0.260. The lowest BCUT2D eigenvalue weighted by Crippen LogP contribution is -2.21. The summed E-state index contributed by atoms with van der Waals surface area (Å²) in [5.41, 5.74) is 5.82. The first-order chi connectivity index (χ1) is 6.63. The van der Waals surface area contributed by atoms with E-state index in [9.17, 15) is 4.39 Å². The number of aliphatic hydroxyl groups is 1. The van der Waals surface area contributed by atoms with E-state index < -0.39 is 11.9 Å². The van der Waals surface area contributed by atoms with Gasteiger partial charge in [-0.3, -0.25) is 0 Å². The molecule has 0 aliphatic rings. The molecule has 0 bridgehead atoms. The summed E-state index contributed by atoms with van der Waals surface area (Å²) in [5, 5.41) is 8.63. The molecule has 0 spiro atoms. The van der Waals surface area contributed by atoms with Gasteiger partial charge in [0.05, 0.1) is 6.61 Å². The first-order valence-corrected chi connectivity index (χ1v) is 4.92. The fourth-order valence-electron chi connectivity index (χ4n) is 0.946. The Morgan fingerprint density at radius 3 is 2.57 bits per heavy atom. The molecule has 0 amide bonds. The Hall–Kier alpha value is -0.710. The van der Waals surface area contributed by atoms with Crippen LogP contribution in [0.3, 0.4) is 0 Å². The predicted octanol–water partition coefficient (Wildman–Crippen LogP) is 2.08. The third-order valence-corrected chi connectivity index (χ3v) is 2.22. The Morgan fingerprint density at radius 1 is 1.50 bits per heavy atom. The van der Waals surface area contributed by atoms with Crippen molar-refractivity contribution in [1.29, 1.82) is 0 Å². The zero-order chi connectivity index (χ0) is 10.6. The Morgan fingerprint density at radius 2 is 2.07 bits per heavy atom. The topological polar surface area (TPSA) is 46.2 Å². The fraction of sp³-hybridized carbons (Fsp3) is 0.200. The summed E-state index contributed by atoms with van der Waals surface area (Å²) in [5.74, 6) is -0.418. The molecular formula is C10H11BrFNO. The quantitative estimate of drug-likeness (QED) is 0.874. The van der Waals surface area contributed by atoms with Crippen molar-refractivity contribution in [3.8, 4) is 0 Å². The molecule has 1 aromatic carbocycles. The maximum Gasteiger partial charge on any atom is 0.128 e. The molecule has 0 unspecified atom stereocenters. The van der Waals surface area contributed by atoms with Crippen molar-refractivity contribution in [2.45, 2.75) is 6.04 Å². The summed E-state index contributed by atoms with van der Waals surface area (Å²) in [6, 6.07) is 6.11. The van der Waals surface area contributed by atoms with E-state index in [0.717, 1.165) is 4.47 Å². The van der Waals surface area contributed by atoms with Crippen molar-refractivity contribution in [2.75, 3.05) is 6.61 Å². The van der Waals surface area contributed by atoms with Gasteiger partial charge in [-0.05, 0) is 18.2 Å². The van der Waals surface area contributed by atoms with Crippen molar-refractivity contribution >= 4 is 21.8 Å².